The van der Waals surface area contributed by atoms with Crippen LogP contribution in [0.1, 0.15) is 190 Å². The number of rotatable bonds is 35. The van der Waals surface area contributed by atoms with Gasteiger partial charge >= 0.3 is 19.5 Å². The van der Waals surface area contributed by atoms with Gasteiger partial charge in [0.25, 0.3) is 10.1 Å². The molecule has 80 heavy (non-hydrogen) atoms. The molecular weight excluding hydrogens is 1070 g/mol. The predicted octanol–water partition coefficient (Wildman–Crippen LogP) is 15.6. The second-order valence-corrected chi connectivity index (χ2v) is 32.7. The zero-order valence-corrected chi connectivity index (χ0v) is 55.1. The van der Waals surface area contributed by atoms with E-state index in [1.54, 1.807) is 28.1 Å². The molecule has 0 unspecified atom stereocenters. The van der Waals surface area contributed by atoms with Crippen molar-refractivity contribution in [2.45, 2.75) is 221 Å². The Kier molecular flexibility index (Phi) is 29.3. The van der Waals surface area contributed by atoms with Crippen LogP contribution in [0.2, 0.25) is 16.6 Å². The number of cyclic esters (lactones) is 1. The molecular formula is C63H103O14PSSi. The second-order valence-electron chi connectivity index (χ2n) is 23.7. The van der Waals surface area contributed by atoms with E-state index in [0.717, 1.165) is 39.1 Å². The summed E-state index contributed by atoms with van der Waals surface area (Å²) < 4.78 is 96.3. The number of carbonyl (C=O) groups is 2. The van der Waals surface area contributed by atoms with Crippen LogP contribution in [-0.4, -0.2) is 99.9 Å². The number of ether oxygens (including phenoxy) is 5. The van der Waals surface area contributed by atoms with Crippen LogP contribution < -0.4 is 4.74 Å². The summed E-state index contributed by atoms with van der Waals surface area (Å²) in [4.78, 5) is 27.5. The molecule has 0 saturated carbocycles. The van der Waals surface area contributed by atoms with Crippen molar-refractivity contribution in [3.8, 4) is 5.75 Å². The largest absolute Gasteiger partial charge is 0.497 e. The van der Waals surface area contributed by atoms with Crippen molar-refractivity contribution in [2.75, 3.05) is 46.8 Å². The Bertz CT molecular complexity index is 2440. The van der Waals surface area contributed by atoms with E-state index in [4.69, 9.17) is 41.3 Å². The summed E-state index contributed by atoms with van der Waals surface area (Å²) >= 11 is 0. The highest BCUT2D eigenvalue weighted by molar-refractivity contribution is 7.86. The highest BCUT2D eigenvalue weighted by Gasteiger charge is 2.48. The SMILES string of the molecule is CCOP(=O)(CC(=O)O[C@@H](C[C@H](O[Si](C(C)C)(C(C)C)C(C)C)/C(C)=C/C=C/[C@@H](C)[C@H]1C[C@@H](CCOS(=O)(=O)c2c(C(C)C)cc(C(C)C)cc2C(C)C)CC(=O)O1)[C@H](C)[C@@H](OC)/C(C)=C/COCc1ccc(OC)cc1)OCC. The second kappa shape index (κ2) is 33.2. The van der Waals surface area contributed by atoms with Crippen LogP contribution in [0.3, 0.4) is 0 Å². The lowest BCUT2D eigenvalue weighted by Gasteiger charge is -2.45. The van der Waals surface area contributed by atoms with Gasteiger partial charge in [0, 0.05) is 31.8 Å². The van der Waals surface area contributed by atoms with Crippen molar-refractivity contribution in [1.82, 2.24) is 0 Å². The van der Waals surface area contributed by atoms with Gasteiger partial charge < -0.3 is 37.2 Å². The third-order valence-corrected chi connectivity index (χ3v) is 25.2. The van der Waals surface area contributed by atoms with Gasteiger partial charge in [0.2, 0.25) is 8.32 Å². The molecule has 0 radical (unpaired) electrons. The fourth-order valence-corrected chi connectivity index (χ4v) is 19.9. The van der Waals surface area contributed by atoms with Crippen molar-refractivity contribution in [3.05, 3.63) is 94.1 Å². The highest BCUT2D eigenvalue weighted by Crippen LogP contribution is 2.49. The predicted molar refractivity (Wildman–Crippen MR) is 324 cm³/mol. The summed E-state index contributed by atoms with van der Waals surface area (Å²) in [5.74, 6) is -0.851. The fourth-order valence-electron chi connectivity index (χ4n) is 11.3. The standard InChI is InChI=1S/C63H103O14PSSi/c1-21-72-78(66,73-22-2)40-61(65)76-59(50(18)62(70-20)49(17)30-32-71-39-51-26-28-54(69-19)29-27-51)38-58(77-80(44(9)10,45(11)12)46(13)14)48(16)25-23-24-47(15)57-34-52(35-60(64)75-57)31-33-74-79(67,68)63-55(42(5)6)36-53(41(3)4)37-56(63)43(7)8/h23-30,36-37,41-47,50,52,57-59,62H,21-22,31-35,38-40H2,1-20H3/b24-23+,48-25+,49-30+/t47-,50+,52-,57-,58+,59+,62+/m1/s1. The van der Waals surface area contributed by atoms with E-state index in [1.807, 2.05) is 116 Å². The quantitative estimate of drug-likeness (QED) is 0.0122. The smallest absolute Gasteiger partial charge is 0.341 e. The molecule has 454 valence electrons. The molecule has 14 nitrogen and oxygen atoms in total. The summed E-state index contributed by atoms with van der Waals surface area (Å²) in [7, 11) is -7.26. The van der Waals surface area contributed by atoms with Gasteiger partial charge in [-0.3, -0.25) is 18.3 Å². The van der Waals surface area contributed by atoms with E-state index in [9.17, 15) is 22.6 Å². The number of hydrogen-bond acceptors (Lipinski definition) is 14. The van der Waals surface area contributed by atoms with E-state index >= 15 is 0 Å². The van der Waals surface area contributed by atoms with Gasteiger partial charge in [-0.25, -0.2) is 0 Å². The van der Waals surface area contributed by atoms with Crippen LogP contribution in [0.5, 0.6) is 5.75 Å². The van der Waals surface area contributed by atoms with Crippen LogP contribution in [0, 0.1) is 17.8 Å². The van der Waals surface area contributed by atoms with E-state index < -0.39 is 68.5 Å². The molecule has 1 aliphatic heterocycles. The fraction of sp³-hybridized carbons (Fsp3) is 0.683. The number of benzene rings is 2. The lowest BCUT2D eigenvalue weighted by atomic mass is 9.87. The summed E-state index contributed by atoms with van der Waals surface area (Å²) in [5, 5.41) is 0. The normalized spacial score (nSPS) is 18.2. The van der Waals surface area contributed by atoms with Crippen molar-refractivity contribution < 1.29 is 63.9 Å². The van der Waals surface area contributed by atoms with Gasteiger partial charge in [0.05, 0.1) is 52.4 Å². The van der Waals surface area contributed by atoms with Gasteiger partial charge in [-0.1, -0.05) is 146 Å². The Morgan fingerprint density at radius 1 is 0.825 bits per heavy atom. The average molecular weight is 1180 g/mol. The molecule has 1 heterocycles. The lowest BCUT2D eigenvalue weighted by Crippen LogP contribution is -2.51. The van der Waals surface area contributed by atoms with E-state index in [2.05, 4.69) is 55.4 Å². The minimum atomic E-state index is -4.11. The minimum Gasteiger partial charge on any atom is -0.497 e. The average Bonchev–Trinajstić information content (AvgIpc) is 3.37. The van der Waals surface area contributed by atoms with Crippen LogP contribution >= 0.6 is 7.60 Å². The molecule has 17 heteroatoms. The zero-order valence-electron chi connectivity index (χ0n) is 52.4. The van der Waals surface area contributed by atoms with Crippen molar-refractivity contribution in [3.63, 3.8) is 0 Å². The first-order chi connectivity index (χ1) is 37.5. The maximum atomic E-state index is 14.1. The molecule has 0 N–H and O–H groups in total. The Hall–Kier alpha value is -3.44. The first-order valence-corrected chi connectivity index (χ1v) is 34.6. The lowest BCUT2D eigenvalue weighted by molar-refractivity contribution is -0.159. The number of esters is 2. The Morgan fingerprint density at radius 3 is 1.90 bits per heavy atom. The first kappa shape index (κ1) is 70.8. The topological polar surface area (TPSA) is 168 Å². The van der Waals surface area contributed by atoms with E-state index in [1.165, 1.54) is 0 Å². The van der Waals surface area contributed by atoms with Crippen LogP contribution in [0.25, 0.3) is 0 Å². The van der Waals surface area contributed by atoms with Crippen molar-refractivity contribution >= 4 is 38.0 Å². The van der Waals surface area contributed by atoms with Crippen molar-refractivity contribution in [2.24, 2.45) is 17.8 Å². The van der Waals surface area contributed by atoms with Crippen LogP contribution in [-0.2, 0) is 67.5 Å². The maximum Gasteiger partial charge on any atom is 0.341 e. The van der Waals surface area contributed by atoms with E-state index in [-0.39, 0.29) is 89.7 Å². The number of carbonyl (C=O) groups excluding carboxylic acids is 2. The molecule has 1 aliphatic rings. The summed E-state index contributed by atoms with van der Waals surface area (Å²) in [6.45, 7) is 37.9. The van der Waals surface area contributed by atoms with Gasteiger partial charge in [0.1, 0.15) is 29.0 Å². The van der Waals surface area contributed by atoms with Crippen LogP contribution in [0.4, 0.5) is 0 Å². The molecule has 1 fully saturated rings. The molecule has 3 rings (SSSR count). The van der Waals surface area contributed by atoms with Gasteiger partial charge in [-0.05, 0) is 126 Å². The van der Waals surface area contributed by atoms with Gasteiger partial charge in [-0.15, -0.1) is 0 Å². The first-order valence-electron chi connectivity index (χ1n) is 29.3. The number of allylic oxidation sites excluding steroid dienone is 2. The number of hydrogen-bond donors (Lipinski definition) is 0. The summed E-state index contributed by atoms with van der Waals surface area (Å²) in [6, 6.07) is 11.7. The third-order valence-electron chi connectivity index (χ3n) is 15.7. The molecule has 7 atom stereocenters. The Balaban J connectivity index is 1.99. The molecule has 2 aromatic rings. The highest BCUT2D eigenvalue weighted by atomic mass is 32.2. The monoisotopic (exact) mass is 1170 g/mol. The van der Waals surface area contributed by atoms with Gasteiger partial charge in [-0.2, -0.15) is 8.42 Å². The Labute approximate surface area is 484 Å². The summed E-state index contributed by atoms with van der Waals surface area (Å²) in [6.07, 6.45) is 6.53. The summed E-state index contributed by atoms with van der Waals surface area (Å²) in [5.41, 5.74) is 6.10. The van der Waals surface area contributed by atoms with Gasteiger partial charge in [0.15, 0.2) is 0 Å². The molecule has 0 bridgehead atoms. The van der Waals surface area contributed by atoms with Crippen LogP contribution in [0.15, 0.2) is 76.7 Å². The maximum absolute atomic E-state index is 14.1. The Morgan fingerprint density at radius 2 is 1.40 bits per heavy atom. The molecule has 2 aromatic carbocycles. The molecule has 0 amide bonds. The third kappa shape index (κ3) is 20.4. The molecule has 1 saturated heterocycles. The minimum absolute atomic E-state index is 0.0317. The molecule has 0 aromatic heterocycles. The zero-order chi connectivity index (χ0) is 60.3. The van der Waals surface area contributed by atoms with Crippen molar-refractivity contribution in [1.29, 1.82) is 0 Å². The molecule has 0 spiro atoms. The molecule has 0 aliphatic carbocycles. The van der Waals surface area contributed by atoms with E-state index in [0.29, 0.717) is 26.1 Å². The number of methoxy groups -OCH3 is 2.